The van der Waals surface area contributed by atoms with Gasteiger partial charge < -0.3 is 10.3 Å². The molecule has 0 atom stereocenters. The Morgan fingerprint density at radius 1 is 1.20 bits per heavy atom. The number of aromatic nitrogens is 2. The first-order valence-electron chi connectivity index (χ1n) is 6.68. The number of imidazole rings is 1. The van der Waals surface area contributed by atoms with Gasteiger partial charge in [-0.05, 0) is 30.7 Å². The topological polar surface area (TPSA) is 43.8 Å². The van der Waals surface area contributed by atoms with E-state index in [0.29, 0.717) is 12.1 Å². The number of fused-ring (bicyclic) bond motifs is 1. The van der Waals surface area contributed by atoms with Gasteiger partial charge in [0, 0.05) is 24.7 Å². The average molecular weight is 269 g/mol. The lowest BCUT2D eigenvalue weighted by Crippen LogP contribution is -1.99. The van der Waals surface area contributed by atoms with Crippen LogP contribution in [-0.4, -0.2) is 9.55 Å². The van der Waals surface area contributed by atoms with E-state index < -0.39 is 0 Å². The van der Waals surface area contributed by atoms with Gasteiger partial charge in [-0.25, -0.2) is 9.37 Å². The van der Waals surface area contributed by atoms with Crippen LogP contribution in [0.15, 0.2) is 42.5 Å². The van der Waals surface area contributed by atoms with Crippen molar-refractivity contribution in [2.75, 3.05) is 0 Å². The van der Waals surface area contributed by atoms with Crippen molar-refractivity contribution in [2.45, 2.75) is 20.0 Å². The molecule has 0 saturated heterocycles. The molecule has 0 spiro atoms. The predicted molar refractivity (Wildman–Crippen MR) is 78.7 cm³/mol. The van der Waals surface area contributed by atoms with E-state index in [2.05, 4.69) is 16.5 Å². The van der Waals surface area contributed by atoms with Crippen LogP contribution in [0.2, 0.25) is 0 Å². The number of halogens is 1. The van der Waals surface area contributed by atoms with Crippen LogP contribution in [0.4, 0.5) is 4.39 Å². The Morgan fingerprint density at radius 3 is 2.80 bits per heavy atom. The van der Waals surface area contributed by atoms with Crippen molar-refractivity contribution in [3.05, 3.63) is 53.8 Å². The Kier molecular flexibility index (Phi) is 3.24. The van der Waals surface area contributed by atoms with Crippen LogP contribution in [-0.2, 0) is 13.1 Å². The van der Waals surface area contributed by atoms with E-state index in [1.165, 1.54) is 12.1 Å². The summed E-state index contributed by atoms with van der Waals surface area (Å²) in [5, 5.41) is 0. The number of nitrogens with zero attached hydrogens (tertiary/aromatic N) is 2. The van der Waals surface area contributed by atoms with Crippen molar-refractivity contribution < 1.29 is 4.39 Å². The Labute approximate surface area is 116 Å². The highest BCUT2D eigenvalue weighted by Crippen LogP contribution is 2.26. The number of hydrogen-bond donors (Lipinski definition) is 1. The van der Waals surface area contributed by atoms with Gasteiger partial charge in [0.25, 0.3) is 0 Å². The van der Waals surface area contributed by atoms with Crippen LogP contribution >= 0.6 is 0 Å². The molecule has 102 valence electrons. The molecule has 0 aliphatic carbocycles. The predicted octanol–water partition coefficient (Wildman–Crippen LogP) is 3.32. The second kappa shape index (κ2) is 5.06. The van der Waals surface area contributed by atoms with E-state index in [0.717, 1.165) is 29.0 Å². The minimum absolute atomic E-state index is 0.263. The van der Waals surface area contributed by atoms with E-state index >= 15 is 0 Å². The zero-order valence-electron chi connectivity index (χ0n) is 11.3. The summed E-state index contributed by atoms with van der Waals surface area (Å²) in [5.74, 6) is 0.587. The van der Waals surface area contributed by atoms with Gasteiger partial charge in [0.2, 0.25) is 0 Å². The first-order valence-corrected chi connectivity index (χ1v) is 6.68. The van der Waals surface area contributed by atoms with Gasteiger partial charge in [-0.3, -0.25) is 0 Å². The number of hydrogen-bond acceptors (Lipinski definition) is 2. The molecule has 2 aromatic carbocycles. The smallest absolute Gasteiger partial charge is 0.141 e. The molecule has 1 aromatic heterocycles. The second-order valence-corrected chi connectivity index (χ2v) is 4.72. The van der Waals surface area contributed by atoms with Crippen molar-refractivity contribution in [2.24, 2.45) is 5.73 Å². The van der Waals surface area contributed by atoms with Crippen molar-refractivity contribution in [1.29, 1.82) is 0 Å². The SMILES string of the molecule is CCn1c(-c2cccc(CN)c2)nc2cc(F)ccc21. The van der Waals surface area contributed by atoms with E-state index in [9.17, 15) is 4.39 Å². The fraction of sp³-hybridized carbons (Fsp3) is 0.188. The lowest BCUT2D eigenvalue weighted by molar-refractivity contribution is 0.629. The minimum Gasteiger partial charge on any atom is -0.326 e. The zero-order chi connectivity index (χ0) is 14.1. The molecule has 0 aliphatic rings. The van der Waals surface area contributed by atoms with Gasteiger partial charge in [0.1, 0.15) is 11.6 Å². The number of nitrogens with two attached hydrogens (primary N) is 1. The molecule has 0 saturated carbocycles. The summed E-state index contributed by atoms with van der Waals surface area (Å²) in [7, 11) is 0. The van der Waals surface area contributed by atoms with Crippen LogP contribution in [0, 0.1) is 5.82 Å². The molecule has 0 amide bonds. The van der Waals surface area contributed by atoms with E-state index in [1.54, 1.807) is 6.07 Å². The third-order valence-electron chi connectivity index (χ3n) is 3.45. The quantitative estimate of drug-likeness (QED) is 0.792. The summed E-state index contributed by atoms with van der Waals surface area (Å²) < 4.78 is 15.4. The highest BCUT2D eigenvalue weighted by molar-refractivity contribution is 5.80. The molecular formula is C16H16FN3. The first kappa shape index (κ1) is 12.8. The summed E-state index contributed by atoms with van der Waals surface area (Å²) in [6, 6.07) is 12.7. The Bertz CT molecular complexity index is 762. The third kappa shape index (κ3) is 2.08. The van der Waals surface area contributed by atoms with Gasteiger partial charge in [-0.15, -0.1) is 0 Å². The molecule has 0 fully saturated rings. The van der Waals surface area contributed by atoms with E-state index in [1.807, 2.05) is 24.3 Å². The molecular weight excluding hydrogens is 253 g/mol. The molecule has 1 heterocycles. The summed E-state index contributed by atoms with van der Waals surface area (Å²) >= 11 is 0. The van der Waals surface area contributed by atoms with Crippen molar-refractivity contribution in [3.8, 4) is 11.4 Å². The Balaban J connectivity index is 2.24. The Hall–Kier alpha value is -2.20. The standard InChI is InChI=1S/C16H16FN3/c1-2-20-15-7-6-13(17)9-14(15)19-16(20)12-5-3-4-11(8-12)10-18/h3-9H,2,10,18H2,1H3. The van der Waals surface area contributed by atoms with E-state index in [-0.39, 0.29) is 5.82 Å². The maximum Gasteiger partial charge on any atom is 0.141 e. The van der Waals surface area contributed by atoms with Crippen LogP contribution in [0.5, 0.6) is 0 Å². The Morgan fingerprint density at radius 2 is 2.05 bits per heavy atom. The molecule has 0 unspecified atom stereocenters. The fourth-order valence-corrected chi connectivity index (χ4v) is 2.48. The third-order valence-corrected chi connectivity index (χ3v) is 3.45. The molecule has 4 heteroatoms. The molecule has 3 aromatic rings. The summed E-state index contributed by atoms with van der Waals surface area (Å²) in [6.45, 7) is 3.33. The average Bonchev–Trinajstić information content (AvgIpc) is 2.84. The first-order chi connectivity index (χ1) is 9.72. The lowest BCUT2D eigenvalue weighted by Gasteiger charge is -2.07. The van der Waals surface area contributed by atoms with Gasteiger partial charge >= 0.3 is 0 Å². The monoisotopic (exact) mass is 269 g/mol. The zero-order valence-corrected chi connectivity index (χ0v) is 11.3. The van der Waals surface area contributed by atoms with Crippen molar-refractivity contribution >= 4 is 11.0 Å². The summed E-state index contributed by atoms with van der Waals surface area (Å²) in [4.78, 5) is 4.57. The summed E-state index contributed by atoms with van der Waals surface area (Å²) in [6.07, 6.45) is 0. The van der Waals surface area contributed by atoms with Gasteiger partial charge in [0.15, 0.2) is 0 Å². The van der Waals surface area contributed by atoms with Gasteiger partial charge in [-0.2, -0.15) is 0 Å². The van der Waals surface area contributed by atoms with Crippen molar-refractivity contribution in [3.63, 3.8) is 0 Å². The molecule has 0 aliphatic heterocycles. The molecule has 0 radical (unpaired) electrons. The van der Waals surface area contributed by atoms with Gasteiger partial charge in [-0.1, -0.05) is 18.2 Å². The van der Waals surface area contributed by atoms with Crippen molar-refractivity contribution in [1.82, 2.24) is 9.55 Å². The maximum atomic E-state index is 13.3. The fourth-order valence-electron chi connectivity index (χ4n) is 2.48. The van der Waals surface area contributed by atoms with Crippen LogP contribution in [0.25, 0.3) is 22.4 Å². The van der Waals surface area contributed by atoms with Crippen LogP contribution in [0.3, 0.4) is 0 Å². The summed E-state index contributed by atoms with van der Waals surface area (Å²) in [5.41, 5.74) is 9.38. The number of rotatable bonds is 3. The van der Waals surface area contributed by atoms with Crippen LogP contribution < -0.4 is 5.73 Å². The van der Waals surface area contributed by atoms with Crippen LogP contribution in [0.1, 0.15) is 12.5 Å². The normalized spacial score (nSPS) is 11.2. The highest BCUT2D eigenvalue weighted by Gasteiger charge is 2.12. The largest absolute Gasteiger partial charge is 0.326 e. The molecule has 20 heavy (non-hydrogen) atoms. The molecule has 3 nitrogen and oxygen atoms in total. The highest BCUT2D eigenvalue weighted by atomic mass is 19.1. The maximum absolute atomic E-state index is 13.3. The van der Waals surface area contributed by atoms with Gasteiger partial charge in [0.05, 0.1) is 11.0 Å². The number of benzene rings is 2. The molecule has 3 rings (SSSR count). The minimum atomic E-state index is -0.263. The van der Waals surface area contributed by atoms with E-state index in [4.69, 9.17) is 5.73 Å². The second-order valence-electron chi connectivity index (χ2n) is 4.72. The number of aryl methyl sites for hydroxylation is 1. The molecule has 2 N–H and O–H groups in total. The molecule has 0 bridgehead atoms. The lowest BCUT2D eigenvalue weighted by atomic mass is 10.1.